The summed E-state index contributed by atoms with van der Waals surface area (Å²) in [5.74, 6) is 0.895. The summed E-state index contributed by atoms with van der Waals surface area (Å²) in [4.78, 5) is 16.8. The van der Waals surface area contributed by atoms with E-state index in [1.165, 1.54) is 8.61 Å². The quantitative estimate of drug-likeness (QED) is 0.855. The summed E-state index contributed by atoms with van der Waals surface area (Å²) < 4.78 is 28.0. The van der Waals surface area contributed by atoms with E-state index in [4.69, 9.17) is 0 Å². The van der Waals surface area contributed by atoms with Crippen LogP contribution in [0.25, 0.3) is 0 Å². The van der Waals surface area contributed by atoms with Crippen molar-refractivity contribution in [2.45, 2.75) is 25.3 Å². The number of nitrogens with zero attached hydrogens (tertiary/aromatic N) is 6. The zero-order chi connectivity index (χ0) is 17.9. The SMILES string of the molecule is CN(C)S(=O)(=O)N1CCCCC1c1ccnc(Nc2cnccn2)n1. The third-order valence-corrected chi connectivity index (χ3v) is 5.99. The first-order valence-corrected chi connectivity index (χ1v) is 9.43. The van der Waals surface area contributed by atoms with Crippen molar-refractivity contribution in [2.24, 2.45) is 0 Å². The molecule has 0 bridgehead atoms. The Hall–Kier alpha value is -2.17. The van der Waals surface area contributed by atoms with Gasteiger partial charge in [-0.15, -0.1) is 0 Å². The Morgan fingerprint density at radius 2 is 2.04 bits per heavy atom. The topological polar surface area (TPSA) is 104 Å². The summed E-state index contributed by atoms with van der Waals surface area (Å²) in [6, 6.07) is 1.46. The molecular formula is C15H21N7O2S. The van der Waals surface area contributed by atoms with Crippen molar-refractivity contribution >= 4 is 22.0 Å². The molecule has 1 unspecified atom stereocenters. The van der Waals surface area contributed by atoms with Crippen LogP contribution < -0.4 is 5.32 Å². The third kappa shape index (κ3) is 3.91. The van der Waals surface area contributed by atoms with Gasteiger partial charge in [0, 0.05) is 39.2 Å². The Morgan fingerprint density at radius 1 is 1.20 bits per heavy atom. The van der Waals surface area contributed by atoms with Gasteiger partial charge in [-0.25, -0.2) is 15.0 Å². The van der Waals surface area contributed by atoms with E-state index in [-0.39, 0.29) is 6.04 Å². The molecule has 10 heteroatoms. The first-order valence-electron chi connectivity index (χ1n) is 8.04. The van der Waals surface area contributed by atoms with Gasteiger partial charge in [-0.3, -0.25) is 4.98 Å². The van der Waals surface area contributed by atoms with Crippen LogP contribution in [0, 0.1) is 0 Å². The summed E-state index contributed by atoms with van der Waals surface area (Å²) >= 11 is 0. The molecule has 1 aliphatic heterocycles. The lowest BCUT2D eigenvalue weighted by Gasteiger charge is -2.35. The van der Waals surface area contributed by atoms with Crippen molar-refractivity contribution in [3.63, 3.8) is 0 Å². The minimum atomic E-state index is -3.51. The number of piperidine rings is 1. The van der Waals surface area contributed by atoms with Gasteiger partial charge < -0.3 is 5.32 Å². The molecule has 0 aliphatic carbocycles. The number of nitrogens with one attached hydrogen (secondary N) is 1. The van der Waals surface area contributed by atoms with Crippen molar-refractivity contribution in [3.8, 4) is 0 Å². The van der Waals surface area contributed by atoms with Crippen molar-refractivity contribution in [1.29, 1.82) is 0 Å². The normalized spacial score (nSPS) is 19.1. The highest BCUT2D eigenvalue weighted by molar-refractivity contribution is 7.86. The van der Waals surface area contributed by atoms with E-state index >= 15 is 0 Å². The molecule has 2 aromatic rings. The van der Waals surface area contributed by atoms with Crippen molar-refractivity contribution < 1.29 is 8.42 Å². The second-order valence-corrected chi connectivity index (χ2v) is 8.03. The molecule has 0 aromatic carbocycles. The van der Waals surface area contributed by atoms with Crippen LogP contribution in [0.5, 0.6) is 0 Å². The largest absolute Gasteiger partial charge is 0.307 e. The molecule has 134 valence electrons. The van der Waals surface area contributed by atoms with Gasteiger partial charge in [0.05, 0.1) is 17.9 Å². The van der Waals surface area contributed by atoms with Gasteiger partial charge in [-0.05, 0) is 18.9 Å². The van der Waals surface area contributed by atoms with E-state index in [2.05, 4.69) is 25.3 Å². The van der Waals surface area contributed by atoms with Gasteiger partial charge in [0.15, 0.2) is 5.82 Å². The number of rotatable bonds is 5. The molecule has 9 nitrogen and oxygen atoms in total. The molecular weight excluding hydrogens is 342 g/mol. The average molecular weight is 363 g/mol. The van der Waals surface area contributed by atoms with E-state index in [9.17, 15) is 8.42 Å². The predicted molar refractivity (Wildman–Crippen MR) is 93.3 cm³/mol. The molecule has 3 rings (SSSR count). The average Bonchev–Trinajstić information content (AvgIpc) is 2.63. The predicted octanol–water partition coefficient (Wildman–Crippen LogP) is 1.34. The molecule has 1 saturated heterocycles. The highest BCUT2D eigenvalue weighted by Crippen LogP contribution is 2.33. The van der Waals surface area contributed by atoms with Gasteiger partial charge in [0.1, 0.15) is 0 Å². The van der Waals surface area contributed by atoms with E-state index < -0.39 is 10.2 Å². The zero-order valence-corrected chi connectivity index (χ0v) is 15.0. The first-order chi connectivity index (χ1) is 12.0. The maximum Gasteiger partial charge on any atom is 0.282 e. The third-order valence-electron chi connectivity index (χ3n) is 4.03. The fourth-order valence-corrected chi connectivity index (χ4v) is 4.10. The number of aromatic nitrogens is 4. The van der Waals surface area contributed by atoms with Crippen molar-refractivity contribution in [1.82, 2.24) is 28.5 Å². The number of hydrogen-bond donors (Lipinski definition) is 1. The van der Waals surface area contributed by atoms with E-state index in [0.29, 0.717) is 24.0 Å². The van der Waals surface area contributed by atoms with Crippen LogP contribution in [-0.2, 0) is 10.2 Å². The van der Waals surface area contributed by atoms with E-state index in [1.807, 2.05) is 0 Å². The monoisotopic (exact) mass is 363 g/mol. The molecule has 0 amide bonds. The second-order valence-electron chi connectivity index (χ2n) is 5.93. The minimum Gasteiger partial charge on any atom is -0.307 e. The van der Waals surface area contributed by atoms with Gasteiger partial charge in [0.2, 0.25) is 5.95 Å². The lowest BCUT2D eigenvalue weighted by molar-refractivity contribution is 0.238. The summed E-state index contributed by atoms with van der Waals surface area (Å²) in [7, 11) is -0.418. The molecule has 0 saturated carbocycles. The highest BCUT2D eigenvalue weighted by atomic mass is 32.2. The van der Waals surface area contributed by atoms with Crippen LogP contribution in [-0.4, -0.2) is 57.6 Å². The van der Waals surface area contributed by atoms with Gasteiger partial charge in [-0.1, -0.05) is 6.42 Å². The van der Waals surface area contributed by atoms with Gasteiger partial charge in [0.25, 0.3) is 10.2 Å². The summed E-state index contributed by atoms with van der Waals surface area (Å²) in [6.45, 7) is 0.488. The maximum absolute atomic E-state index is 12.6. The Morgan fingerprint density at radius 3 is 2.76 bits per heavy atom. The molecule has 1 N–H and O–H groups in total. The molecule has 1 fully saturated rings. The van der Waals surface area contributed by atoms with Crippen LogP contribution in [0.1, 0.15) is 31.0 Å². The molecule has 2 aromatic heterocycles. The zero-order valence-electron chi connectivity index (χ0n) is 14.2. The Bertz CT molecular complexity index is 814. The van der Waals surface area contributed by atoms with E-state index in [0.717, 1.165) is 19.3 Å². The van der Waals surface area contributed by atoms with Crippen LogP contribution in [0.15, 0.2) is 30.9 Å². The van der Waals surface area contributed by atoms with Gasteiger partial charge >= 0.3 is 0 Å². The molecule has 0 radical (unpaired) electrons. The Balaban J connectivity index is 1.88. The minimum absolute atomic E-state index is 0.299. The molecule has 0 spiro atoms. The number of hydrogen-bond acceptors (Lipinski definition) is 7. The lowest BCUT2D eigenvalue weighted by Crippen LogP contribution is -2.44. The number of anilines is 2. The maximum atomic E-state index is 12.6. The highest BCUT2D eigenvalue weighted by Gasteiger charge is 2.35. The first kappa shape index (κ1) is 17.6. The lowest BCUT2D eigenvalue weighted by atomic mass is 10.0. The van der Waals surface area contributed by atoms with Crippen LogP contribution in [0.2, 0.25) is 0 Å². The van der Waals surface area contributed by atoms with Crippen LogP contribution in [0.4, 0.5) is 11.8 Å². The summed E-state index contributed by atoms with van der Waals surface area (Å²) in [5, 5.41) is 2.99. The van der Waals surface area contributed by atoms with Crippen molar-refractivity contribution in [3.05, 3.63) is 36.5 Å². The van der Waals surface area contributed by atoms with Crippen LogP contribution >= 0.6 is 0 Å². The fourth-order valence-electron chi connectivity index (χ4n) is 2.78. The van der Waals surface area contributed by atoms with Gasteiger partial charge in [-0.2, -0.15) is 17.0 Å². The molecule has 3 heterocycles. The van der Waals surface area contributed by atoms with Crippen LogP contribution in [0.3, 0.4) is 0 Å². The fraction of sp³-hybridized carbons (Fsp3) is 0.467. The summed E-state index contributed by atoms with van der Waals surface area (Å²) in [6.07, 6.45) is 8.87. The Labute approximate surface area is 147 Å². The Kier molecular flexibility index (Phi) is 5.21. The summed E-state index contributed by atoms with van der Waals surface area (Å²) in [5.41, 5.74) is 0.673. The smallest absolute Gasteiger partial charge is 0.282 e. The second kappa shape index (κ2) is 7.38. The molecule has 25 heavy (non-hydrogen) atoms. The standard InChI is InChI=1S/C15H21N7O2S/c1-21(2)25(23,24)22-10-4-3-5-13(22)12-6-7-18-15(19-12)20-14-11-16-8-9-17-14/h6-9,11,13H,3-5,10H2,1-2H3,(H,17,18,19,20). The molecule has 1 aliphatic rings. The van der Waals surface area contributed by atoms with Crippen molar-refractivity contribution in [2.75, 3.05) is 26.0 Å². The van der Waals surface area contributed by atoms with E-state index in [1.54, 1.807) is 44.9 Å². The molecule has 1 atom stereocenters.